The Morgan fingerprint density at radius 3 is 3.06 bits per heavy atom. The summed E-state index contributed by atoms with van der Waals surface area (Å²) in [7, 11) is 0. The van der Waals surface area contributed by atoms with E-state index < -0.39 is 0 Å². The van der Waals surface area contributed by atoms with Gasteiger partial charge in [0.25, 0.3) is 0 Å². The molecule has 18 heavy (non-hydrogen) atoms. The Kier molecular flexibility index (Phi) is 3.32. The first kappa shape index (κ1) is 11.3. The highest BCUT2D eigenvalue weighted by Gasteiger charge is 2.13. The monoisotopic (exact) mass is 244 g/mol. The van der Waals surface area contributed by atoms with Crippen molar-refractivity contribution < 1.29 is 4.74 Å². The molecule has 5 heteroatoms. The predicted octanol–water partition coefficient (Wildman–Crippen LogP) is 1.86. The first-order chi connectivity index (χ1) is 8.92. The van der Waals surface area contributed by atoms with E-state index in [0.717, 1.165) is 43.6 Å². The van der Waals surface area contributed by atoms with Crippen LogP contribution in [-0.4, -0.2) is 34.7 Å². The number of nitrogens with zero attached hydrogens (tertiary/aromatic N) is 3. The van der Waals surface area contributed by atoms with Gasteiger partial charge in [0.15, 0.2) is 5.65 Å². The van der Waals surface area contributed by atoms with Crippen molar-refractivity contribution in [3.63, 3.8) is 0 Å². The fourth-order valence-electron chi connectivity index (χ4n) is 2.13. The standard InChI is InChI=1S/C13H16N4O/c1-2-11-9-16-13(17-12(11)14-5-1)15-8-10-3-6-18-7-4-10/h1-2,5,9-10H,3-4,6-8H2,(H,14,15,16,17). The van der Waals surface area contributed by atoms with Crippen LogP contribution in [0.4, 0.5) is 5.95 Å². The molecule has 2 aromatic rings. The molecule has 1 fully saturated rings. The molecule has 0 unspecified atom stereocenters. The molecule has 0 amide bonds. The Balaban J connectivity index is 1.66. The summed E-state index contributed by atoms with van der Waals surface area (Å²) in [5, 5.41) is 4.26. The van der Waals surface area contributed by atoms with Crippen molar-refractivity contribution in [2.75, 3.05) is 25.1 Å². The molecule has 2 aromatic heterocycles. The SMILES string of the molecule is c1cnc2nc(NCC3CCOCC3)ncc2c1. The lowest BCUT2D eigenvalue weighted by Gasteiger charge is -2.22. The molecule has 0 aliphatic carbocycles. The van der Waals surface area contributed by atoms with Crippen LogP contribution in [0.25, 0.3) is 11.0 Å². The van der Waals surface area contributed by atoms with Crippen LogP contribution in [0.1, 0.15) is 12.8 Å². The second kappa shape index (κ2) is 5.27. The maximum absolute atomic E-state index is 5.34. The van der Waals surface area contributed by atoms with Gasteiger partial charge < -0.3 is 10.1 Å². The van der Waals surface area contributed by atoms with Crippen LogP contribution in [0.5, 0.6) is 0 Å². The van der Waals surface area contributed by atoms with Gasteiger partial charge in [0.2, 0.25) is 5.95 Å². The fraction of sp³-hybridized carbons (Fsp3) is 0.462. The van der Waals surface area contributed by atoms with E-state index in [1.807, 2.05) is 18.3 Å². The van der Waals surface area contributed by atoms with Crippen molar-refractivity contribution in [2.24, 2.45) is 5.92 Å². The largest absolute Gasteiger partial charge is 0.381 e. The van der Waals surface area contributed by atoms with E-state index in [4.69, 9.17) is 4.74 Å². The summed E-state index contributed by atoms with van der Waals surface area (Å²) in [6, 6.07) is 3.85. The highest BCUT2D eigenvalue weighted by molar-refractivity contribution is 5.74. The van der Waals surface area contributed by atoms with E-state index in [1.165, 1.54) is 0 Å². The number of aromatic nitrogens is 3. The van der Waals surface area contributed by atoms with E-state index in [0.29, 0.717) is 11.9 Å². The molecule has 0 radical (unpaired) electrons. The highest BCUT2D eigenvalue weighted by Crippen LogP contribution is 2.15. The summed E-state index contributed by atoms with van der Waals surface area (Å²) >= 11 is 0. The summed E-state index contributed by atoms with van der Waals surface area (Å²) in [5.74, 6) is 1.31. The summed E-state index contributed by atoms with van der Waals surface area (Å²) < 4.78 is 5.34. The molecule has 1 saturated heterocycles. The van der Waals surface area contributed by atoms with Gasteiger partial charge >= 0.3 is 0 Å². The number of anilines is 1. The minimum atomic E-state index is 0.654. The van der Waals surface area contributed by atoms with Gasteiger partial charge in [0.1, 0.15) is 0 Å². The van der Waals surface area contributed by atoms with Gasteiger partial charge in [-0.1, -0.05) is 0 Å². The summed E-state index contributed by atoms with van der Waals surface area (Å²) in [6.45, 7) is 2.64. The van der Waals surface area contributed by atoms with Crippen LogP contribution in [0.3, 0.4) is 0 Å². The first-order valence-corrected chi connectivity index (χ1v) is 6.31. The number of fused-ring (bicyclic) bond motifs is 1. The smallest absolute Gasteiger partial charge is 0.224 e. The molecule has 0 aromatic carbocycles. The van der Waals surface area contributed by atoms with Gasteiger partial charge in [-0.25, -0.2) is 9.97 Å². The highest BCUT2D eigenvalue weighted by atomic mass is 16.5. The first-order valence-electron chi connectivity index (χ1n) is 6.31. The predicted molar refractivity (Wildman–Crippen MR) is 69.4 cm³/mol. The molecular weight excluding hydrogens is 228 g/mol. The van der Waals surface area contributed by atoms with Crippen molar-refractivity contribution in [1.29, 1.82) is 0 Å². The van der Waals surface area contributed by atoms with Crippen molar-refractivity contribution in [3.05, 3.63) is 24.5 Å². The van der Waals surface area contributed by atoms with Crippen molar-refractivity contribution in [2.45, 2.75) is 12.8 Å². The molecular formula is C13H16N4O. The maximum Gasteiger partial charge on any atom is 0.224 e. The Hall–Kier alpha value is -1.75. The second-order valence-electron chi connectivity index (χ2n) is 4.55. The van der Waals surface area contributed by atoms with Crippen LogP contribution in [0, 0.1) is 5.92 Å². The molecule has 0 saturated carbocycles. The minimum absolute atomic E-state index is 0.654. The van der Waals surface area contributed by atoms with Gasteiger partial charge in [-0.2, -0.15) is 4.98 Å². The van der Waals surface area contributed by atoms with Gasteiger partial charge in [-0.15, -0.1) is 0 Å². The zero-order chi connectivity index (χ0) is 12.2. The third kappa shape index (κ3) is 2.56. The average Bonchev–Trinajstić information content (AvgIpc) is 2.46. The van der Waals surface area contributed by atoms with Gasteiger partial charge in [0.05, 0.1) is 0 Å². The topological polar surface area (TPSA) is 59.9 Å². The van der Waals surface area contributed by atoms with Crippen LogP contribution < -0.4 is 5.32 Å². The number of ether oxygens (including phenoxy) is 1. The van der Waals surface area contributed by atoms with E-state index in [9.17, 15) is 0 Å². The van der Waals surface area contributed by atoms with E-state index in [2.05, 4.69) is 20.3 Å². The number of hydrogen-bond acceptors (Lipinski definition) is 5. The summed E-state index contributed by atoms with van der Waals surface area (Å²) in [5.41, 5.74) is 0.738. The third-order valence-electron chi connectivity index (χ3n) is 3.24. The molecule has 5 nitrogen and oxygen atoms in total. The Bertz CT molecular complexity index is 525. The fourth-order valence-corrected chi connectivity index (χ4v) is 2.13. The second-order valence-corrected chi connectivity index (χ2v) is 4.55. The third-order valence-corrected chi connectivity index (χ3v) is 3.24. The molecule has 0 atom stereocenters. The van der Waals surface area contributed by atoms with E-state index >= 15 is 0 Å². The number of rotatable bonds is 3. The van der Waals surface area contributed by atoms with Crippen LogP contribution in [0.15, 0.2) is 24.5 Å². The van der Waals surface area contributed by atoms with Crippen molar-refractivity contribution >= 4 is 17.0 Å². The van der Waals surface area contributed by atoms with Crippen LogP contribution in [0.2, 0.25) is 0 Å². The van der Waals surface area contributed by atoms with Gasteiger partial charge in [-0.05, 0) is 30.9 Å². The molecule has 0 bridgehead atoms. The molecule has 1 aliphatic heterocycles. The molecule has 1 aliphatic rings. The zero-order valence-corrected chi connectivity index (χ0v) is 10.2. The van der Waals surface area contributed by atoms with Crippen molar-refractivity contribution in [3.8, 4) is 0 Å². The molecule has 3 rings (SSSR count). The molecule has 94 valence electrons. The lowest BCUT2D eigenvalue weighted by molar-refractivity contribution is 0.0699. The molecule has 1 N–H and O–H groups in total. The van der Waals surface area contributed by atoms with Gasteiger partial charge in [-0.3, -0.25) is 0 Å². The van der Waals surface area contributed by atoms with Crippen molar-refractivity contribution in [1.82, 2.24) is 15.0 Å². The Morgan fingerprint density at radius 1 is 1.28 bits per heavy atom. The van der Waals surface area contributed by atoms with Crippen LogP contribution >= 0.6 is 0 Å². The van der Waals surface area contributed by atoms with E-state index in [1.54, 1.807) is 6.20 Å². The minimum Gasteiger partial charge on any atom is -0.381 e. The number of nitrogens with one attached hydrogen (secondary N) is 1. The normalized spacial score (nSPS) is 16.9. The average molecular weight is 244 g/mol. The number of hydrogen-bond donors (Lipinski definition) is 1. The summed E-state index contributed by atoms with van der Waals surface area (Å²) in [6.07, 6.45) is 5.77. The number of pyridine rings is 1. The lowest BCUT2D eigenvalue weighted by atomic mass is 10.0. The Labute approximate surface area is 106 Å². The van der Waals surface area contributed by atoms with Crippen LogP contribution in [-0.2, 0) is 4.74 Å². The van der Waals surface area contributed by atoms with Gasteiger partial charge in [0, 0.05) is 37.5 Å². The molecule has 0 spiro atoms. The quantitative estimate of drug-likeness (QED) is 0.893. The maximum atomic E-state index is 5.34. The Morgan fingerprint density at radius 2 is 2.17 bits per heavy atom. The zero-order valence-electron chi connectivity index (χ0n) is 10.2. The lowest BCUT2D eigenvalue weighted by Crippen LogP contribution is -2.23. The molecule has 3 heterocycles. The summed E-state index contributed by atoms with van der Waals surface area (Å²) in [4.78, 5) is 12.9. The van der Waals surface area contributed by atoms with E-state index in [-0.39, 0.29) is 0 Å².